The summed E-state index contributed by atoms with van der Waals surface area (Å²) in [5.41, 5.74) is 0.875. The summed E-state index contributed by atoms with van der Waals surface area (Å²) in [6.07, 6.45) is 3.51. The molecule has 1 aromatic rings. The van der Waals surface area contributed by atoms with Gasteiger partial charge in [0.2, 0.25) is 17.7 Å². The molecule has 3 amide bonds. The molecular weight excluding hydrogens is 311 g/mol. The van der Waals surface area contributed by atoms with E-state index in [2.05, 4.69) is 5.32 Å². The van der Waals surface area contributed by atoms with Gasteiger partial charge in [0.25, 0.3) is 0 Å². The predicted molar refractivity (Wildman–Crippen MR) is 86.6 cm³/mol. The van der Waals surface area contributed by atoms with Crippen molar-refractivity contribution in [3.63, 3.8) is 0 Å². The largest absolute Gasteiger partial charge is 0.326 e. The lowest BCUT2D eigenvalue weighted by Crippen LogP contribution is -2.34. The average molecular weight is 332 g/mol. The maximum atomic E-state index is 13.5. The molecule has 0 radical (unpaired) electrons. The Balaban J connectivity index is 1.57. The smallest absolute Gasteiger partial charge is 0.233 e. The summed E-state index contributed by atoms with van der Waals surface area (Å²) in [5.74, 6) is -1.39. The Morgan fingerprint density at radius 3 is 2.42 bits per heavy atom. The molecular formula is C18H21FN2O3. The van der Waals surface area contributed by atoms with Crippen LogP contribution in [0.5, 0.6) is 0 Å². The van der Waals surface area contributed by atoms with Crippen LogP contribution < -0.4 is 5.32 Å². The Kier molecular flexibility index (Phi) is 4.64. The van der Waals surface area contributed by atoms with Crippen molar-refractivity contribution >= 4 is 23.4 Å². The highest BCUT2D eigenvalue weighted by molar-refractivity contribution is 6.05. The van der Waals surface area contributed by atoms with Crippen LogP contribution in [-0.2, 0) is 14.4 Å². The van der Waals surface area contributed by atoms with Crippen molar-refractivity contribution in [3.8, 4) is 0 Å². The molecule has 1 heterocycles. The lowest BCUT2D eigenvalue weighted by molar-refractivity contribution is -0.140. The molecule has 1 saturated heterocycles. The third kappa shape index (κ3) is 3.18. The molecule has 5 nitrogen and oxygen atoms in total. The zero-order chi connectivity index (χ0) is 17.3. The van der Waals surface area contributed by atoms with Crippen molar-refractivity contribution < 1.29 is 18.8 Å². The van der Waals surface area contributed by atoms with Crippen LogP contribution in [0.2, 0.25) is 0 Å². The summed E-state index contributed by atoms with van der Waals surface area (Å²) in [6.45, 7) is 1.73. The standard InChI is InChI=1S/C18H21FN2O3/c1-11-6-7-12(10-15(11)19)20-16(22)8-9-21-17(23)13-4-2-3-5-14(13)18(21)24/h6-7,10,13-14H,2-5,8-9H2,1H3,(H,20,22)/t13-,14-/m1/s1. The SMILES string of the molecule is Cc1ccc(NC(=O)CCN2C(=O)[C@@H]3CCCC[C@H]3C2=O)cc1F. The van der Waals surface area contributed by atoms with Crippen LogP contribution in [0.15, 0.2) is 18.2 Å². The number of hydrogen-bond acceptors (Lipinski definition) is 3. The van der Waals surface area contributed by atoms with Crippen molar-refractivity contribution in [1.82, 2.24) is 4.90 Å². The number of imide groups is 1. The van der Waals surface area contributed by atoms with E-state index in [1.165, 1.54) is 11.0 Å². The Bertz CT molecular complexity index is 665. The summed E-state index contributed by atoms with van der Waals surface area (Å²) in [4.78, 5) is 37.9. The highest BCUT2D eigenvalue weighted by atomic mass is 19.1. The fourth-order valence-corrected chi connectivity index (χ4v) is 3.56. The van der Waals surface area contributed by atoms with Crippen molar-refractivity contribution in [1.29, 1.82) is 0 Å². The number of aryl methyl sites for hydroxylation is 1. The third-order valence-electron chi connectivity index (χ3n) is 4.95. The van der Waals surface area contributed by atoms with Gasteiger partial charge >= 0.3 is 0 Å². The first-order valence-corrected chi connectivity index (χ1v) is 8.38. The fraction of sp³-hybridized carbons (Fsp3) is 0.500. The molecule has 1 aliphatic carbocycles. The lowest BCUT2D eigenvalue weighted by atomic mass is 9.81. The second-order valence-electron chi connectivity index (χ2n) is 6.59. The van der Waals surface area contributed by atoms with Gasteiger partial charge in [0, 0.05) is 18.7 Å². The highest BCUT2D eigenvalue weighted by Crippen LogP contribution is 2.37. The van der Waals surface area contributed by atoms with Crippen LogP contribution >= 0.6 is 0 Å². The fourth-order valence-electron chi connectivity index (χ4n) is 3.56. The molecule has 0 aromatic heterocycles. The molecule has 0 unspecified atom stereocenters. The van der Waals surface area contributed by atoms with Crippen LogP contribution in [-0.4, -0.2) is 29.2 Å². The monoisotopic (exact) mass is 332 g/mol. The Morgan fingerprint density at radius 2 is 1.83 bits per heavy atom. The van der Waals surface area contributed by atoms with E-state index >= 15 is 0 Å². The van der Waals surface area contributed by atoms with E-state index in [1.54, 1.807) is 19.1 Å². The van der Waals surface area contributed by atoms with Gasteiger partial charge in [-0.05, 0) is 37.5 Å². The van der Waals surface area contributed by atoms with E-state index in [-0.39, 0.29) is 48.3 Å². The Labute approximate surface area is 140 Å². The van der Waals surface area contributed by atoms with Crippen LogP contribution in [0.25, 0.3) is 0 Å². The molecule has 6 heteroatoms. The average Bonchev–Trinajstić information content (AvgIpc) is 2.81. The molecule has 1 saturated carbocycles. The molecule has 24 heavy (non-hydrogen) atoms. The molecule has 0 spiro atoms. The first-order valence-electron chi connectivity index (χ1n) is 8.38. The van der Waals surface area contributed by atoms with Gasteiger partial charge in [0.1, 0.15) is 5.82 Å². The summed E-state index contributed by atoms with van der Waals surface area (Å²) in [7, 11) is 0. The van der Waals surface area contributed by atoms with Crippen molar-refractivity contribution in [3.05, 3.63) is 29.6 Å². The van der Waals surface area contributed by atoms with Gasteiger partial charge in [-0.1, -0.05) is 18.9 Å². The molecule has 2 aliphatic rings. The number of benzene rings is 1. The predicted octanol–water partition coefficient (Wildman–Crippen LogP) is 2.64. The number of nitrogens with zero attached hydrogens (tertiary/aromatic N) is 1. The number of carbonyl (C=O) groups excluding carboxylic acids is 3. The lowest BCUT2D eigenvalue weighted by Gasteiger charge is -2.19. The van der Waals surface area contributed by atoms with Crippen LogP contribution in [0.3, 0.4) is 0 Å². The van der Waals surface area contributed by atoms with Gasteiger partial charge in [0.05, 0.1) is 11.8 Å². The van der Waals surface area contributed by atoms with Gasteiger partial charge in [-0.25, -0.2) is 4.39 Å². The molecule has 2 atom stereocenters. The number of nitrogens with one attached hydrogen (secondary N) is 1. The summed E-state index contributed by atoms with van der Waals surface area (Å²) in [6, 6.07) is 4.47. The van der Waals surface area contributed by atoms with E-state index in [0.29, 0.717) is 11.3 Å². The third-order valence-corrected chi connectivity index (χ3v) is 4.95. The quantitative estimate of drug-likeness (QED) is 0.862. The van der Waals surface area contributed by atoms with Crippen LogP contribution in [0, 0.1) is 24.6 Å². The highest BCUT2D eigenvalue weighted by Gasteiger charge is 2.47. The normalized spacial score (nSPS) is 23.3. The number of fused-ring (bicyclic) bond motifs is 1. The van der Waals surface area contributed by atoms with Gasteiger partial charge in [0.15, 0.2) is 0 Å². The van der Waals surface area contributed by atoms with Gasteiger partial charge in [-0.3, -0.25) is 19.3 Å². The molecule has 3 rings (SSSR count). The Hall–Kier alpha value is -2.24. The van der Waals surface area contributed by atoms with E-state index in [0.717, 1.165) is 25.7 Å². The summed E-state index contributed by atoms with van der Waals surface area (Å²) < 4.78 is 13.5. The second-order valence-corrected chi connectivity index (χ2v) is 6.59. The molecule has 1 aliphatic heterocycles. The second kappa shape index (κ2) is 6.71. The first-order chi connectivity index (χ1) is 11.5. The number of anilines is 1. The van der Waals surface area contributed by atoms with Gasteiger partial charge in [-0.2, -0.15) is 0 Å². The van der Waals surface area contributed by atoms with E-state index in [1.807, 2.05) is 0 Å². The number of amides is 3. The first kappa shape index (κ1) is 16.6. The minimum absolute atomic E-state index is 0.0203. The van der Waals surface area contributed by atoms with Crippen LogP contribution in [0.4, 0.5) is 10.1 Å². The number of carbonyl (C=O) groups is 3. The molecule has 1 aromatic carbocycles. The van der Waals surface area contributed by atoms with Crippen LogP contribution in [0.1, 0.15) is 37.7 Å². The maximum Gasteiger partial charge on any atom is 0.233 e. The minimum atomic E-state index is -0.387. The van der Waals surface area contributed by atoms with Crippen molar-refractivity contribution in [2.75, 3.05) is 11.9 Å². The van der Waals surface area contributed by atoms with E-state index in [4.69, 9.17) is 0 Å². The van der Waals surface area contributed by atoms with Gasteiger partial charge < -0.3 is 5.32 Å². The van der Waals surface area contributed by atoms with Crippen molar-refractivity contribution in [2.45, 2.75) is 39.0 Å². The van der Waals surface area contributed by atoms with Crippen molar-refractivity contribution in [2.24, 2.45) is 11.8 Å². The molecule has 128 valence electrons. The topological polar surface area (TPSA) is 66.5 Å². The van der Waals surface area contributed by atoms with E-state index < -0.39 is 0 Å². The number of likely N-dealkylation sites (tertiary alicyclic amines) is 1. The zero-order valence-electron chi connectivity index (χ0n) is 13.7. The number of rotatable bonds is 4. The zero-order valence-corrected chi connectivity index (χ0v) is 13.7. The van der Waals surface area contributed by atoms with E-state index in [9.17, 15) is 18.8 Å². The maximum absolute atomic E-state index is 13.5. The summed E-state index contributed by atoms with van der Waals surface area (Å²) >= 11 is 0. The number of halogens is 1. The summed E-state index contributed by atoms with van der Waals surface area (Å²) in [5, 5.41) is 2.60. The Morgan fingerprint density at radius 1 is 1.21 bits per heavy atom. The molecule has 0 bridgehead atoms. The number of hydrogen-bond donors (Lipinski definition) is 1. The molecule has 1 N–H and O–H groups in total. The van der Waals surface area contributed by atoms with Gasteiger partial charge in [-0.15, -0.1) is 0 Å². The minimum Gasteiger partial charge on any atom is -0.326 e. The molecule has 2 fully saturated rings.